The Kier molecular flexibility index (Phi) is 7.42. The molecule has 5 aromatic rings. The Morgan fingerprint density at radius 1 is 0.925 bits per heavy atom. The van der Waals surface area contributed by atoms with Gasteiger partial charge in [-0.25, -0.2) is 28.4 Å². The lowest BCUT2D eigenvalue weighted by atomic mass is 10.2. The summed E-state index contributed by atoms with van der Waals surface area (Å²) in [4.78, 5) is 17.3. The molecule has 0 unspecified atom stereocenters. The van der Waals surface area contributed by atoms with E-state index < -0.39 is 15.6 Å². The van der Waals surface area contributed by atoms with Gasteiger partial charge in [-0.15, -0.1) is 5.10 Å². The number of hydrogen-bond acceptors (Lipinski definition) is 12. The van der Waals surface area contributed by atoms with Crippen molar-refractivity contribution in [2.24, 2.45) is 0 Å². The fourth-order valence-corrected chi connectivity index (χ4v) is 5.36. The Morgan fingerprint density at radius 2 is 1.62 bits per heavy atom. The first-order valence-electron chi connectivity index (χ1n) is 12.1. The van der Waals surface area contributed by atoms with Gasteiger partial charge in [0.25, 0.3) is 0 Å². The molecule has 0 saturated heterocycles. The first-order chi connectivity index (χ1) is 19.3. The lowest BCUT2D eigenvalue weighted by Crippen LogP contribution is -2.12. The molecule has 0 aliphatic rings. The van der Waals surface area contributed by atoms with Crippen molar-refractivity contribution < 1.29 is 22.6 Å². The number of para-hydroxylation sites is 1. The number of hydrogen-bond donors (Lipinski definition) is 1. The van der Waals surface area contributed by atoms with Crippen LogP contribution in [0.2, 0.25) is 0 Å². The number of methoxy groups -OCH3 is 2. The molecule has 0 radical (unpaired) electrons. The number of nitrogen functional groups attached to an aromatic ring is 1. The summed E-state index contributed by atoms with van der Waals surface area (Å²) in [5.74, 6) is 1.17. The minimum Gasteiger partial charge on any atom is -0.494 e. The van der Waals surface area contributed by atoms with Crippen LogP contribution in [0.4, 0.5) is 5.69 Å². The van der Waals surface area contributed by atoms with Crippen LogP contribution in [-0.4, -0.2) is 63.9 Å². The Bertz CT molecular complexity index is 1750. The number of rotatable bonds is 10. The number of sulfone groups is 1. The van der Waals surface area contributed by atoms with E-state index in [1.165, 1.54) is 12.4 Å². The van der Waals surface area contributed by atoms with E-state index >= 15 is 0 Å². The van der Waals surface area contributed by atoms with Crippen molar-refractivity contribution in [2.75, 3.05) is 26.6 Å². The molecule has 13 nitrogen and oxygen atoms in total. The molecule has 0 aliphatic heterocycles. The van der Waals surface area contributed by atoms with Gasteiger partial charge in [-0.2, -0.15) is 5.10 Å². The molecular formula is C26H26N8O5S. The minimum absolute atomic E-state index is 0.134. The van der Waals surface area contributed by atoms with Crippen molar-refractivity contribution in [3.8, 4) is 34.6 Å². The summed E-state index contributed by atoms with van der Waals surface area (Å²) in [5.41, 5.74) is 7.93. The molecule has 2 N–H and O–H groups in total. The zero-order valence-electron chi connectivity index (χ0n) is 22.0. The summed E-state index contributed by atoms with van der Waals surface area (Å²) in [5, 5.41) is 8.40. The van der Waals surface area contributed by atoms with E-state index in [-0.39, 0.29) is 22.9 Å². The molecule has 0 bridgehead atoms. The van der Waals surface area contributed by atoms with E-state index in [4.69, 9.17) is 24.9 Å². The van der Waals surface area contributed by atoms with Crippen LogP contribution in [0.3, 0.4) is 0 Å². The molecule has 4 heterocycles. The summed E-state index contributed by atoms with van der Waals surface area (Å²) in [6.45, 7) is 2.31. The van der Waals surface area contributed by atoms with Crippen molar-refractivity contribution in [3.63, 3.8) is 0 Å². The fourth-order valence-electron chi connectivity index (χ4n) is 4.12. The van der Waals surface area contributed by atoms with Crippen LogP contribution in [-0.2, 0) is 21.3 Å². The predicted octanol–water partition coefficient (Wildman–Crippen LogP) is 2.78. The fraction of sp³-hybridized carbons (Fsp3) is 0.231. The molecule has 40 heavy (non-hydrogen) atoms. The van der Waals surface area contributed by atoms with Crippen LogP contribution in [0.5, 0.6) is 17.4 Å². The summed E-state index contributed by atoms with van der Waals surface area (Å²) in [6, 6.07) is 12.3. The van der Waals surface area contributed by atoms with Gasteiger partial charge < -0.3 is 19.9 Å². The van der Waals surface area contributed by atoms with Crippen LogP contribution < -0.4 is 19.9 Å². The number of anilines is 1. The van der Waals surface area contributed by atoms with Crippen molar-refractivity contribution in [1.29, 1.82) is 0 Å². The van der Waals surface area contributed by atoms with E-state index in [1.807, 2.05) is 6.92 Å². The second-order valence-corrected chi connectivity index (χ2v) is 10.6. The topological polar surface area (TPSA) is 170 Å². The Labute approximate surface area is 229 Å². The maximum Gasteiger partial charge on any atom is 0.213 e. The van der Waals surface area contributed by atoms with E-state index in [2.05, 4.69) is 25.1 Å². The molecule has 0 spiro atoms. The van der Waals surface area contributed by atoms with Crippen LogP contribution in [0.1, 0.15) is 18.4 Å². The quantitative estimate of drug-likeness (QED) is 0.264. The molecule has 0 saturated carbocycles. The van der Waals surface area contributed by atoms with Crippen molar-refractivity contribution in [3.05, 3.63) is 66.4 Å². The third kappa shape index (κ3) is 5.47. The highest BCUT2D eigenvalue weighted by atomic mass is 32.2. The molecule has 0 atom stereocenters. The van der Waals surface area contributed by atoms with Gasteiger partial charge in [0, 0.05) is 6.07 Å². The molecule has 206 valence electrons. The summed E-state index contributed by atoms with van der Waals surface area (Å²) < 4.78 is 44.7. The van der Waals surface area contributed by atoms with Gasteiger partial charge in [0.15, 0.2) is 15.7 Å². The number of imidazole rings is 1. The van der Waals surface area contributed by atoms with Crippen LogP contribution in [0.25, 0.3) is 28.4 Å². The van der Waals surface area contributed by atoms with Crippen molar-refractivity contribution in [2.45, 2.75) is 18.4 Å². The van der Waals surface area contributed by atoms with Crippen molar-refractivity contribution >= 4 is 26.7 Å². The normalized spacial score (nSPS) is 11.5. The van der Waals surface area contributed by atoms with E-state index in [0.717, 1.165) is 0 Å². The standard InChI is InChI=1S/C26H26N8O5S/c1-4-39-23-10-5-7-18(30-23)26-31-25-19(34(26)24-20(37-2)8-6-9-21(24)38-3)11-17(32-33-25)14-40(35,36)15-22-28-12-16(27)13-29-22/h5-13H,4,14-15,27H2,1-3H3. The number of pyridine rings is 1. The molecule has 14 heteroatoms. The number of aromatic nitrogens is 7. The van der Waals surface area contributed by atoms with Crippen LogP contribution >= 0.6 is 0 Å². The molecule has 5 rings (SSSR count). The van der Waals surface area contributed by atoms with Gasteiger partial charge >= 0.3 is 0 Å². The predicted molar refractivity (Wildman–Crippen MR) is 147 cm³/mol. The van der Waals surface area contributed by atoms with E-state index in [1.54, 1.807) is 61.3 Å². The lowest BCUT2D eigenvalue weighted by Gasteiger charge is -2.16. The van der Waals surface area contributed by atoms with Gasteiger partial charge in [-0.1, -0.05) is 12.1 Å². The van der Waals surface area contributed by atoms with E-state index in [0.29, 0.717) is 52.4 Å². The van der Waals surface area contributed by atoms with Gasteiger partial charge in [-0.05, 0) is 31.2 Å². The number of nitrogens with zero attached hydrogens (tertiary/aromatic N) is 7. The molecule has 0 amide bonds. The Morgan fingerprint density at radius 3 is 2.30 bits per heavy atom. The number of benzene rings is 1. The second kappa shape index (κ2) is 11.1. The largest absolute Gasteiger partial charge is 0.494 e. The highest BCUT2D eigenvalue weighted by molar-refractivity contribution is 7.89. The third-order valence-corrected chi connectivity index (χ3v) is 7.22. The summed E-state index contributed by atoms with van der Waals surface area (Å²) >= 11 is 0. The second-order valence-electron chi connectivity index (χ2n) is 8.59. The number of ether oxygens (including phenoxy) is 3. The smallest absolute Gasteiger partial charge is 0.213 e. The first kappa shape index (κ1) is 26.7. The highest BCUT2D eigenvalue weighted by Gasteiger charge is 2.24. The first-order valence-corrected chi connectivity index (χ1v) is 14.0. The summed E-state index contributed by atoms with van der Waals surface area (Å²) in [6.07, 6.45) is 2.72. The molecule has 0 fully saturated rings. The summed E-state index contributed by atoms with van der Waals surface area (Å²) in [7, 11) is -0.618. The molecule has 4 aromatic heterocycles. The van der Waals surface area contributed by atoms with E-state index in [9.17, 15) is 8.42 Å². The average Bonchev–Trinajstić information content (AvgIpc) is 3.32. The van der Waals surface area contributed by atoms with Crippen LogP contribution in [0.15, 0.2) is 54.9 Å². The SMILES string of the molecule is CCOc1cccc(-c2nc3nnc(CS(=O)(=O)Cc4ncc(N)cn4)cc3n2-c2c(OC)cccc2OC)n1. The Hall–Kier alpha value is -4.85. The maximum absolute atomic E-state index is 13.0. The van der Waals surface area contributed by atoms with Gasteiger partial charge in [0.1, 0.15) is 34.5 Å². The third-order valence-electron chi connectivity index (χ3n) is 5.78. The molecule has 0 aliphatic carbocycles. The number of nitrogens with two attached hydrogens (primary N) is 1. The van der Waals surface area contributed by atoms with Crippen LogP contribution in [0, 0.1) is 0 Å². The number of fused-ring (bicyclic) bond motifs is 1. The lowest BCUT2D eigenvalue weighted by molar-refractivity contribution is 0.327. The molecule has 1 aromatic carbocycles. The zero-order valence-corrected chi connectivity index (χ0v) is 22.8. The monoisotopic (exact) mass is 562 g/mol. The Balaban J connectivity index is 1.66. The minimum atomic E-state index is -3.71. The van der Waals surface area contributed by atoms with Gasteiger partial charge in [-0.3, -0.25) is 4.57 Å². The van der Waals surface area contributed by atoms with Gasteiger partial charge in [0.2, 0.25) is 11.5 Å². The maximum atomic E-state index is 13.0. The highest BCUT2D eigenvalue weighted by Crippen LogP contribution is 2.38. The zero-order chi connectivity index (χ0) is 28.3. The molecular weight excluding hydrogens is 536 g/mol. The van der Waals surface area contributed by atoms with Crippen molar-refractivity contribution in [1.82, 2.24) is 34.7 Å². The van der Waals surface area contributed by atoms with Gasteiger partial charge in [0.05, 0.1) is 55.9 Å². The average molecular weight is 563 g/mol.